The largest absolute Gasteiger partial charge is 0.465 e. The van der Waals surface area contributed by atoms with Crippen LogP contribution >= 0.6 is 11.8 Å². The van der Waals surface area contributed by atoms with E-state index >= 15 is 0 Å². The maximum atomic E-state index is 11.0. The van der Waals surface area contributed by atoms with Gasteiger partial charge in [0.15, 0.2) is 0 Å². The zero-order chi connectivity index (χ0) is 7.61. The van der Waals surface area contributed by atoms with Crippen molar-refractivity contribution in [2.24, 2.45) is 0 Å². The van der Waals surface area contributed by atoms with E-state index in [0.29, 0.717) is 6.61 Å². The van der Waals surface area contributed by atoms with Gasteiger partial charge in [-0.15, -0.1) is 0 Å². The average molecular weight is 164 g/mol. The zero-order valence-corrected chi connectivity index (χ0v) is 6.57. The molecule has 0 spiro atoms. The van der Waals surface area contributed by atoms with Crippen LogP contribution in [0.3, 0.4) is 0 Å². The lowest BCUT2D eigenvalue weighted by Gasteiger charge is -2.09. The number of halogens is 1. The highest BCUT2D eigenvalue weighted by molar-refractivity contribution is 6.16. The minimum Gasteiger partial charge on any atom is -0.465 e. The molecule has 10 heavy (non-hydrogen) atoms. The topological polar surface area (TPSA) is 38.3 Å². The maximum Gasteiger partial charge on any atom is 0.327 e. The second kappa shape index (κ2) is 2.76. The summed E-state index contributed by atoms with van der Waals surface area (Å²) in [4.78, 5) is 13.4. The van der Waals surface area contributed by atoms with Crippen LogP contribution in [0.1, 0.15) is 19.8 Å². The van der Waals surface area contributed by atoms with Gasteiger partial charge in [-0.2, -0.15) is 0 Å². The number of hydrogen-bond donors (Lipinski definition) is 1. The van der Waals surface area contributed by atoms with E-state index in [1.54, 1.807) is 6.92 Å². The Morgan fingerprint density at radius 2 is 2.40 bits per heavy atom. The average Bonchev–Trinajstić information content (AvgIpc) is 2.68. The van der Waals surface area contributed by atoms with Crippen LogP contribution in [0.25, 0.3) is 0 Å². The molecule has 1 N–H and O–H groups in total. The van der Waals surface area contributed by atoms with Gasteiger partial charge in [-0.3, -0.25) is 4.79 Å². The van der Waals surface area contributed by atoms with Gasteiger partial charge >= 0.3 is 5.97 Å². The van der Waals surface area contributed by atoms with Crippen molar-refractivity contribution in [3.63, 3.8) is 0 Å². The Hall–Kier alpha value is -0.280. The normalized spacial score (nSPS) is 20.2. The van der Waals surface area contributed by atoms with Crippen LogP contribution in [0.2, 0.25) is 0 Å². The van der Waals surface area contributed by atoms with Crippen LogP contribution in [0.5, 0.6) is 0 Å². The Bertz CT molecular complexity index is 145. The van der Waals surface area contributed by atoms with E-state index in [1.165, 1.54) is 0 Å². The van der Waals surface area contributed by atoms with Crippen LogP contribution in [0.15, 0.2) is 0 Å². The van der Waals surface area contributed by atoms with Gasteiger partial charge in [0.05, 0.1) is 6.61 Å². The summed E-state index contributed by atoms with van der Waals surface area (Å²) in [5, 5.41) is 0. The van der Waals surface area contributed by atoms with Gasteiger partial charge in [0, 0.05) is 0 Å². The maximum absolute atomic E-state index is 11.0. The summed E-state index contributed by atoms with van der Waals surface area (Å²) in [6.45, 7) is 2.20. The van der Waals surface area contributed by atoms with E-state index in [9.17, 15) is 4.79 Å². The fraction of sp³-hybridized carbons (Fsp3) is 0.833. The van der Waals surface area contributed by atoms with Crippen LogP contribution in [-0.2, 0) is 9.53 Å². The lowest BCUT2D eigenvalue weighted by molar-refractivity contribution is -0.146. The minimum absolute atomic E-state index is 0.231. The summed E-state index contributed by atoms with van der Waals surface area (Å²) in [7, 11) is 0. The van der Waals surface area contributed by atoms with E-state index in [-0.39, 0.29) is 5.97 Å². The molecule has 0 aromatic heterocycles. The summed E-state index contributed by atoms with van der Waals surface area (Å²) < 4.78 is 4.77. The predicted octanol–water partition coefficient (Wildman–Crippen LogP) is 0.825. The number of hydrogen-bond acceptors (Lipinski definition) is 3. The van der Waals surface area contributed by atoms with Crippen molar-refractivity contribution in [2.45, 2.75) is 25.3 Å². The molecule has 0 aromatic rings. The molecule has 1 aliphatic rings. The number of nitrogens with one attached hydrogen (secondary N) is 1. The van der Waals surface area contributed by atoms with E-state index in [1.807, 2.05) is 0 Å². The Balaban J connectivity index is 2.40. The quantitative estimate of drug-likeness (QED) is 0.495. The molecule has 1 saturated carbocycles. The number of esters is 1. The SMILES string of the molecule is CCOC(=O)C1(NCl)CC1. The summed E-state index contributed by atoms with van der Waals surface area (Å²) in [5.74, 6) is -0.231. The van der Waals surface area contributed by atoms with Gasteiger partial charge < -0.3 is 4.74 Å². The molecule has 1 rings (SSSR count). The number of ether oxygens (including phenoxy) is 1. The summed E-state index contributed by atoms with van der Waals surface area (Å²) in [5.41, 5.74) is -0.544. The van der Waals surface area contributed by atoms with Crippen LogP contribution < -0.4 is 4.84 Å². The molecule has 0 radical (unpaired) electrons. The van der Waals surface area contributed by atoms with Crippen molar-refractivity contribution >= 4 is 17.7 Å². The standard InChI is InChI=1S/C6H10ClNO2/c1-2-10-5(9)6(8-7)3-4-6/h8H,2-4H2,1H3. The third kappa shape index (κ3) is 1.25. The number of carbonyl (C=O) groups excluding carboxylic acids is 1. The molecule has 1 aliphatic carbocycles. The second-order valence-corrected chi connectivity index (χ2v) is 2.59. The van der Waals surface area contributed by atoms with Gasteiger partial charge in [0.2, 0.25) is 0 Å². The van der Waals surface area contributed by atoms with Crippen LogP contribution in [0.4, 0.5) is 0 Å². The Morgan fingerprint density at radius 3 is 2.70 bits per heavy atom. The summed E-state index contributed by atoms with van der Waals surface area (Å²) >= 11 is 5.34. The van der Waals surface area contributed by atoms with E-state index in [0.717, 1.165) is 12.8 Å². The molecule has 0 heterocycles. The molecule has 1 fully saturated rings. The van der Waals surface area contributed by atoms with E-state index in [4.69, 9.17) is 16.5 Å². The molecular formula is C6H10ClNO2. The summed E-state index contributed by atoms with van der Waals surface area (Å²) in [6.07, 6.45) is 1.57. The first-order chi connectivity index (χ1) is 4.75. The highest BCUT2D eigenvalue weighted by Crippen LogP contribution is 2.36. The molecule has 0 bridgehead atoms. The molecule has 3 nitrogen and oxygen atoms in total. The van der Waals surface area contributed by atoms with Crippen molar-refractivity contribution in [2.75, 3.05) is 6.61 Å². The summed E-state index contributed by atoms with van der Waals surface area (Å²) in [6, 6.07) is 0. The Morgan fingerprint density at radius 1 is 1.80 bits per heavy atom. The van der Waals surface area contributed by atoms with Gasteiger partial charge in [0.1, 0.15) is 5.54 Å². The predicted molar refractivity (Wildman–Crippen MR) is 37.6 cm³/mol. The van der Waals surface area contributed by atoms with Gasteiger partial charge in [-0.25, -0.2) is 4.84 Å². The molecule has 0 aliphatic heterocycles. The van der Waals surface area contributed by atoms with E-state index < -0.39 is 5.54 Å². The van der Waals surface area contributed by atoms with Crippen molar-refractivity contribution < 1.29 is 9.53 Å². The first-order valence-corrected chi connectivity index (χ1v) is 3.68. The van der Waals surface area contributed by atoms with Crippen LogP contribution in [0, 0.1) is 0 Å². The molecule has 0 saturated heterocycles. The second-order valence-electron chi connectivity index (χ2n) is 2.40. The van der Waals surface area contributed by atoms with Gasteiger partial charge in [0.25, 0.3) is 0 Å². The number of rotatable bonds is 3. The third-order valence-corrected chi connectivity index (χ3v) is 1.96. The van der Waals surface area contributed by atoms with Gasteiger partial charge in [-0.1, -0.05) is 0 Å². The smallest absolute Gasteiger partial charge is 0.327 e. The molecule has 0 unspecified atom stereocenters. The zero-order valence-electron chi connectivity index (χ0n) is 5.82. The first-order valence-electron chi connectivity index (χ1n) is 3.30. The molecule has 0 amide bonds. The monoisotopic (exact) mass is 163 g/mol. The molecular weight excluding hydrogens is 154 g/mol. The third-order valence-electron chi connectivity index (χ3n) is 1.60. The first kappa shape index (κ1) is 7.82. The van der Waals surface area contributed by atoms with Crippen LogP contribution in [-0.4, -0.2) is 18.1 Å². The lowest BCUT2D eigenvalue weighted by atomic mass is 10.3. The molecule has 4 heteroatoms. The molecule has 58 valence electrons. The fourth-order valence-electron chi connectivity index (χ4n) is 0.731. The highest BCUT2D eigenvalue weighted by atomic mass is 35.5. The lowest BCUT2D eigenvalue weighted by Crippen LogP contribution is -2.34. The Kier molecular flexibility index (Phi) is 2.16. The van der Waals surface area contributed by atoms with Crippen molar-refractivity contribution in [1.82, 2.24) is 4.84 Å². The highest BCUT2D eigenvalue weighted by Gasteiger charge is 2.51. The van der Waals surface area contributed by atoms with Crippen molar-refractivity contribution in [3.05, 3.63) is 0 Å². The molecule has 0 aromatic carbocycles. The molecule has 0 atom stereocenters. The van der Waals surface area contributed by atoms with Gasteiger partial charge in [-0.05, 0) is 31.5 Å². The fourth-order valence-corrected chi connectivity index (χ4v) is 0.998. The Labute approximate surface area is 64.8 Å². The number of carbonyl (C=O) groups is 1. The minimum atomic E-state index is -0.544. The van der Waals surface area contributed by atoms with Crippen molar-refractivity contribution in [3.8, 4) is 0 Å². The van der Waals surface area contributed by atoms with Crippen molar-refractivity contribution in [1.29, 1.82) is 0 Å². The van der Waals surface area contributed by atoms with E-state index in [2.05, 4.69) is 4.84 Å².